The van der Waals surface area contributed by atoms with Crippen molar-refractivity contribution in [1.29, 1.82) is 0 Å². The average molecular weight is 513 g/mol. The van der Waals surface area contributed by atoms with Gasteiger partial charge in [0.2, 0.25) is 5.88 Å². The number of alkyl halides is 4. The fourth-order valence-electron chi connectivity index (χ4n) is 3.09. The van der Waals surface area contributed by atoms with Crippen LogP contribution in [0.15, 0.2) is 52.1 Å². The maximum atomic E-state index is 14.9. The van der Waals surface area contributed by atoms with Gasteiger partial charge in [0.25, 0.3) is 5.56 Å². The lowest BCUT2D eigenvalue weighted by atomic mass is 10.1. The highest BCUT2D eigenvalue weighted by Gasteiger charge is 2.42. The van der Waals surface area contributed by atoms with Crippen molar-refractivity contribution >= 4 is 23.2 Å². The Labute approximate surface area is 191 Å². The van der Waals surface area contributed by atoms with E-state index in [-0.39, 0.29) is 17.2 Å². The molecule has 3 rings (SSSR count). The van der Waals surface area contributed by atoms with E-state index in [2.05, 4.69) is 0 Å². The summed E-state index contributed by atoms with van der Waals surface area (Å²) in [6.07, 6.45) is -2.72. The Hall–Kier alpha value is -2.92. The highest BCUT2D eigenvalue weighted by atomic mass is 35.5. The molecule has 0 atom stereocenters. The van der Waals surface area contributed by atoms with E-state index in [1.165, 1.54) is 0 Å². The molecule has 0 unspecified atom stereocenters. The predicted molar refractivity (Wildman–Crippen MR) is 107 cm³/mol. The van der Waals surface area contributed by atoms with Crippen molar-refractivity contribution in [3.05, 3.63) is 96.1 Å². The molecule has 1 aromatic heterocycles. The smallest absolute Gasteiger partial charge is 0.343 e. The van der Waals surface area contributed by atoms with Crippen LogP contribution in [-0.4, -0.2) is 14.2 Å². The first-order valence-corrected chi connectivity index (χ1v) is 9.71. The Morgan fingerprint density at radius 3 is 1.61 bits per heavy atom. The average Bonchev–Trinajstić information content (AvgIpc) is 2.66. The van der Waals surface area contributed by atoms with E-state index in [9.17, 15) is 41.0 Å². The second-order valence-electron chi connectivity index (χ2n) is 6.98. The zero-order chi connectivity index (χ0) is 24.7. The van der Waals surface area contributed by atoms with Crippen molar-refractivity contribution in [2.75, 3.05) is 0 Å². The van der Waals surface area contributed by atoms with Crippen LogP contribution >= 0.6 is 23.2 Å². The van der Waals surface area contributed by atoms with Crippen LogP contribution in [0.3, 0.4) is 0 Å². The molecule has 0 aliphatic heterocycles. The largest absolute Gasteiger partial charge is 0.494 e. The molecule has 0 bridgehead atoms. The van der Waals surface area contributed by atoms with Gasteiger partial charge in [-0.1, -0.05) is 35.3 Å². The molecule has 0 spiro atoms. The second-order valence-corrected chi connectivity index (χ2v) is 7.79. The maximum Gasteiger partial charge on any atom is 0.343 e. The molecule has 2 aromatic carbocycles. The van der Waals surface area contributed by atoms with E-state index < -0.39 is 72.9 Å². The minimum atomic E-state index is -4.36. The van der Waals surface area contributed by atoms with Gasteiger partial charge in [0.05, 0.1) is 29.0 Å². The third-order valence-electron chi connectivity index (χ3n) is 4.54. The minimum Gasteiger partial charge on any atom is -0.494 e. The fourth-order valence-corrected chi connectivity index (χ4v) is 3.50. The van der Waals surface area contributed by atoms with E-state index in [1.54, 1.807) is 0 Å². The molecule has 1 N–H and O–H groups in total. The molecule has 0 saturated carbocycles. The van der Waals surface area contributed by atoms with Gasteiger partial charge in [0.15, 0.2) is 0 Å². The van der Waals surface area contributed by atoms with E-state index in [0.717, 1.165) is 36.4 Å². The molecule has 0 saturated heterocycles. The molecule has 0 amide bonds. The molecule has 176 valence electrons. The molecule has 5 nitrogen and oxygen atoms in total. The molecule has 3 aromatic rings. The fraction of sp³-hybridized carbons (Fsp3) is 0.200. The van der Waals surface area contributed by atoms with E-state index >= 15 is 0 Å². The summed E-state index contributed by atoms with van der Waals surface area (Å²) in [7, 11) is 0. The summed E-state index contributed by atoms with van der Waals surface area (Å²) >= 11 is 11.1. The zero-order valence-corrected chi connectivity index (χ0v) is 17.6. The molecule has 1 heterocycles. The molecule has 0 radical (unpaired) electrons. The van der Waals surface area contributed by atoms with Crippen LogP contribution in [-0.2, 0) is 24.9 Å². The first-order chi connectivity index (χ1) is 15.2. The Morgan fingerprint density at radius 1 is 0.758 bits per heavy atom. The van der Waals surface area contributed by atoms with Crippen molar-refractivity contribution in [2.24, 2.45) is 0 Å². The standard InChI is InChI=1S/C20H12Cl2F6N2O3/c21-12-5-10(1-3-14(12)23)8-19(25,26)29-16(31)7-17(32)30(18(29)33)20(27,28)9-11-2-4-15(24)13(22)6-11/h1-7,31H,8-9H2. The lowest BCUT2D eigenvalue weighted by Crippen LogP contribution is -2.51. The lowest BCUT2D eigenvalue weighted by molar-refractivity contribution is -0.111. The zero-order valence-electron chi connectivity index (χ0n) is 16.1. The lowest BCUT2D eigenvalue weighted by Gasteiger charge is -2.24. The summed E-state index contributed by atoms with van der Waals surface area (Å²) in [6.45, 7) is 0. The summed E-state index contributed by atoms with van der Waals surface area (Å²) in [4.78, 5) is 24.6. The first kappa shape index (κ1) is 24.7. The van der Waals surface area contributed by atoms with E-state index in [1.807, 2.05) is 0 Å². The molecular weight excluding hydrogens is 501 g/mol. The van der Waals surface area contributed by atoms with Gasteiger partial charge in [-0.15, -0.1) is 0 Å². The van der Waals surface area contributed by atoms with Gasteiger partial charge in [0.1, 0.15) is 11.6 Å². The summed E-state index contributed by atoms with van der Waals surface area (Å²) in [5.41, 5.74) is -4.56. The van der Waals surface area contributed by atoms with Gasteiger partial charge in [-0.2, -0.15) is 22.1 Å². The van der Waals surface area contributed by atoms with Crippen molar-refractivity contribution in [2.45, 2.75) is 24.9 Å². The molecule has 0 aliphatic carbocycles. The third kappa shape index (κ3) is 5.03. The molecular formula is C20H12Cl2F6N2O3. The normalized spacial score (nSPS) is 12.2. The molecule has 13 heteroatoms. The topological polar surface area (TPSA) is 64.2 Å². The minimum absolute atomic E-state index is 0.0263. The molecule has 33 heavy (non-hydrogen) atoms. The number of aromatic hydroxyl groups is 1. The summed E-state index contributed by atoms with van der Waals surface area (Å²) in [5.74, 6) is -3.38. The molecule has 0 aliphatic rings. The highest BCUT2D eigenvalue weighted by molar-refractivity contribution is 6.31. The summed E-state index contributed by atoms with van der Waals surface area (Å²) in [5, 5.41) is 8.79. The second kappa shape index (κ2) is 8.79. The predicted octanol–water partition coefficient (Wildman–Crippen LogP) is 4.88. The number of halogens is 8. The van der Waals surface area contributed by atoms with Crippen molar-refractivity contribution < 1.29 is 31.4 Å². The van der Waals surface area contributed by atoms with E-state index in [4.69, 9.17) is 23.2 Å². The van der Waals surface area contributed by atoms with Gasteiger partial charge in [-0.05, 0) is 35.4 Å². The summed E-state index contributed by atoms with van der Waals surface area (Å²) < 4.78 is 84.5. The quantitative estimate of drug-likeness (QED) is 0.478. The van der Waals surface area contributed by atoms with Crippen LogP contribution in [0.1, 0.15) is 11.1 Å². The number of nitrogens with zero attached hydrogens (tertiary/aromatic N) is 2. The van der Waals surface area contributed by atoms with Crippen LogP contribution in [0.2, 0.25) is 10.0 Å². The van der Waals surface area contributed by atoms with E-state index in [0.29, 0.717) is 0 Å². The van der Waals surface area contributed by atoms with Gasteiger partial charge in [0, 0.05) is 0 Å². The van der Waals surface area contributed by atoms with Crippen LogP contribution in [0.5, 0.6) is 5.88 Å². The first-order valence-electron chi connectivity index (χ1n) is 8.95. The van der Waals surface area contributed by atoms with Gasteiger partial charge < -0.3 is 5.11 Å². The Kier molecular flexibility index (Phi) is 6.58. The number of hydrogen-bond donors (Lipinski definition) is 1. The highest BCUT2D eigenvalue weighted by Crippen LogP contribution is 2.31. The third-order valence-corrected chi connectivity index (χ3v) is 5.12. The van der Waals surface area contributed by atoms with Crippen LogP contribution in [0.25, 0.3) is 0 Å². The Balaban J connectivity index is 2.07. The molecule has 0 fully saturated rings. The van der Waals surface area contributed by atoms with Gasteiger partial charge in [-0.3, -0.25) is 4.79 Å². The van der Waals surface area contributed by atoms with Crippen molar-refractivity contribution in [1.82, 2.24) is 9.13 Å². The number of aromatic nitrogens is 2. The SMILES string of the molecule is O=c1cc(O)n(C(F)(F)Cc2ccc(F)c(Cl)c2)c(=O)n1C(F)(F)Cc1ccc(F)c(Cl)c1. The van der Waals surface area contributed by atoms with Crippen molar-refractivity contribution in [3.63, 3.8) is 0 Å². The van der Waals surface area contributed by atoms with Crippen LogP contribution < -0.4 is 11.2 Å². The van der Waals surface area contributed by atoms with Gasteiger partial charge in [-0.25, -0.2) is 18.1 Å². The number of benzene rings is 2. The van der Waals surface area contributed by atoms with Crippen molar-refractivity contribution in [3.8, 4) is 5.88 Å². The van der Waals surface area contributed by atoms with Crippen LogP contribution in [0.4, 0.5) is 26.3 Å². The maximum absolute atomic E-state index is 14.9. The Bertz CT molecular complexity index is 1340. The van der Waals surface area contributed by atoms with Gasteiger partial charge >= 0.3 is 17.8 Å². The van der Waals surface area contributed by atoms with Crippen LogP contribution in [0, 0.1) is 11.6 Å². The summed E-state index contributed by atoms with van der Waals surface area (Å²) in [6, 6.07) is -3.64. The number of hydrogen-bond acceptors (Lipinski definition) is 3. The monoisotopic (exact) mass is 512 g/mol. The number of rotatable bonds is 6. The Morgan fingerprint density at radius 2 is 1.18 bits per heavy atom.